The van der Waals surface area contributed by atoms with Crippen LogP contribution in [0.3, 0.4) is 0 Å². The topological polar surface area (TPSA) is 29.1 Å². The molecule has 1 atom stereocenters. The lowest BCUT2D eigenvalue weighted by Gasteiger charge is -2.40. The molecule has 2 heterocycles. The number of hydrogen-bond donors (Lipinski definition) is 1. The first-order chi connectivity index (χ1) is 12.9. The molecule has 1 N–H and O–H groups in total. The van der Waals surface area contributed by atoms with Crippen molar-refractivity contribution in [2.24, 2.45) is 5.41 Å². The van der Waals surface area contributed by atoms with E-state index in [0.717, 1.165) is 17.7 Å². The Kier molecular flexibility index (Phi) is 3.60. The van der Waals surface area contributed by atoms with Gasteiger partial charge < -0.3 is 5.32 Å². The number of aryl methyl sites for hydroxylation is 1. The number of allylic oxidation sites excluding steroid dienone is 1. The molecular formula is C24H23NOS. The maximum Gasteiger partial charge on any atom is 0.162 e. The van der Waals surface area contributed by atoms with Crippen LogP contribution in [-0.2, 0) is 4.79 Å². The molecule has 3 heteroatoms. The maximum absolute atomic E-state index is 13.3. The van der Waals surface area contributed by atoms with Crippen LogP contribution in [0.25, 0.3) is 16.3 Å². The summed E-state index contributed by atoms with van der Waals surface area (Å²) in [6.45, 7) is 6.57. The molecule has 0 spiro atoms. The zero-order chi connectivity index (χ0) is 18.8. The first-order valence-electron chi connectivity index (χ1n) is 9.53. The second-order valence-electron chi connectivity index (χ2n) is 8.59. The summed E-state index contributed by atoms with van der Waals surface area (Å²) in [5, 5.41) is 8.31. The Morgan fingerprint density at radius 1 is 1.07 bits per heavy atom. The van der Waals surface area contributed by atoms with Gasteiger partial charge in [-0.1, -0.05) is 44.2 Å². The first-order valence-corrected chi connectivity index (χ1v) is 10.4. The number of rotatable bonds is 1. The lowest BCUT2D eigenvalue weighted by Crippen LogP contribution is -2.33. The minimum Gasteiger partial charge on any atom is -0.373 e. The van der Waals surface area contributed by atoms with Crippen molar-refractivity contribution in [1.82, 2.24) is 0 Å². The van der Waals surface area contributed by atoms with Crippen LogP contribution in [0.5, 0.6) is 0 Å². The molecule has 2 aromatic carbocycles. The lowest BCUT2D eigenvalue weighted by atomic mass is 9.68. The van der Waals surface area contributed by atoms with Gasteiger partial charge in [0, 0.05) is 28.1 Å². The predicted molar refractivity (Wildman–Crippen MR) is 114 cm³/mol. The van der Waals surface area contributed by atoms with Gasteiger partial charge in [0.2, 0.25) is 0 Å². The maximum atomic E-state index is 13.3. The first kappa shape index (κ1) is 16.8. The van der Waals surface area contributed by atoms with Crippen LogP contribution in [0.15, 0.2) is 53.4 Å². The quantitative estimate of drug-likeness (QED) is 0.526. The summed E-state index contributed by atoms with van der Waals surface area (Å²) in [6, 6.07) is 15.0. The number of nitrogens with one attached hydrogen (secondary N) is 1. The van der Waals surface area contributed by atoms with Gasteiger partial charge in [-0.05, 0) is 58.2 Å². The second-order valence-corrected chi connectivity index (χ2v) is 9.54. The Labute approximate surface area is 163 Å². The predicted octanol–water partition coefficient (Wildman–Crippen LogP) is 6.52. The number of hydrogen-bond acceptors (Lipinski definition) is 3. The van der Waals surface area contributed by atoms with E-state index < -0.39 is 0 Å². The van der Waals surface area contributed by atoms with Crippen LogP contribution in [0.2, 0.25) is 0 Å². The van der Waals surface area contributed by atoms with Crippen molar-refractivity contribution in [2.75, 3.05) is 5.32 Å². The molecule has 1 aliphatic heterocycles. The van der Waals surface area contributed by atoms with E-state index in [4.69, 9.17) is 0 Å². The van der Waals surface area contributed by atoms with Gasteiger partial charge in [-0.25, -0.2) is 0 Å². The van der Waals surface area contributed by atoms with E-state index in [0.29, 0.717) is 12.2 Å². The average molecular weight is 374 g/mol. The molecule has 2 nitrogen and oxygen atoms in total. The molecule has 2 aliphatic rings. The molecule has 0 bridgehead atoms. The lowest BCUT2D eigenvalue weighted by molar-refractivity contribution is -0.118. The molecule has 1 aromatic heterocycles. The number of Topliss-reactive ketones (excluding diaryl/α,β-unsaturated/α-hetero) is 1. The SMILES string of the molecule is Cc1ccsc1[C@@H]1Nc2ccc3ccccc3c2C2=C1C(=O)CC(C)(C)C2. The van der Waals surface area contributed by atoms with E-state index in [9.17, 15) is 4.79 Å². The zero-order valence-electron chi connectivity index (χ0n) is 15.9. The van der Waals surface area contributed by atoms with Crippen molar-refractivity contribution < 1.29 is 4.79 Å². The number of thiophene rings is 1. The number of carbonyl (C=O) groups excluding carboxylic acids is 1. The summed E-state index contributed by atoms with van der Waals surface area (Å²) < 4.78 is 0. The minimum atomic E-state index is -0.0303. The molecule has 0 radical (unpaired) electrons. The molecular weight excluding hydrogens is 350 g/mol. The average Bonchev–Trinajstić information content (AvgIpc) is 3.05. The minimum absolute atomic E-state index is 0.00346. The Morgan fingerprint density at radius 3 is 2.67 bits per heavy atom. The Morgan fingerprint density at radius 2 is 1.89 bits per heavy atom. The summed E-state index contributed by atoms with van der Waals surface area (Å²) in [4.78, 5) is 14.6. The van der Waals surface area contributed by atoms with Crippen LogP contribution in [-0.4, -0.2) is 5.78 Å². The summed E-state index contributed by atoms with van der Waals surface area (Å²) >= 11 is 1.74. The molecule has 5 rings (SSSR count). The molecule has 3 aromatic rings. The summed E-state index contributed by atoms with van der Waals surface area (Å²) in [6.07, 6.45) is 1.56. The highest BCUT2D eigenvalue weighted by Gasteiger charge is 2.41. The molecule has 0 fully saturated rings. The van der Waals surface area contributed by atoms with Crippen molar-refractivity contribution in [1.29, 1.82) is 0 Å². The standard InChI is InChI=1S/C24H23NOS/c1-14-10-11-27-23(14)22-21-17(12-24(2,3)13-19(21)26)20-16-7-5-4-6-15(16)8-9-18(20)25-22/h4-11,22,25H,12-13H2,1-3H3/t22-/m1/s1. The van der Waals surface area contributed by atoms with Crippen LogP contribution >= 0.6 is 11.3 Å². The molecule has 1 aliphatic carbocycles. The Bertz CT molecular complexity index is 1120. The van der Waals surface area contributed by atoms with Gasteiger partial charge in [0.05, 0.1) is 6.04 Å². The summed E-state index contributed by atoms with van der Waals surface area (Å²) in [5.74, 6) is 0.296. The highest BCUT2D eigenvalue weighted by molar-refractivity contribution is 7.10. The normalized spacial score (nSPS) is 21.0. The van der Waals surface area contributed by atoms with E-state index in [1.165, 1.54) is 32.3 Å². The van der Waals surface area contributed by atoms with Crippen LogP contribution in [0.4, 0.5) is 5.69 Å². The molecule has 0 unspecified atom stereocenters. The smallest absolute Gasteiger partial charge is 0.162 e. The fourth-order valence-electron chi connectivity index (χ4n) is 4.71. The monoisotopic (exact) mass is 373 g/mol. The fourth-order valence-corrected chi connectivity index (χ4v) is 5.70. The number of benzene rings is 2. The number of anilines is 1. The van der Waals surface area contributed by atoms with Gasteiger partial charge in [0.25, 0.3) is 0 Å². The van der Waals surface area contributed by atoms with E-state index in [2.05, 4.69) is 73.9 Å². The third-order valence-electron chi connectivity index (χ3n) is 5.90. The second kappa shape index (κ2) is 5.80. The Hall–Kier alpha value is -2.39. The van der Waals surface area contributed by atoms with Crippen LogP contribution < -0.4 is 5.32 Å². The molecule has 136 valence electrons. The van der Waals surface area contributed by atoms with E-state index in [1.54, 1.807) is 11.3 Å². The third kappa shape index (κ3) is 2.56. The zero-order valence-corrected chi connectivity index (χ0v) is 16.7. The van der Waals surface area contributed by atoms with Gasteiger partial charge in [-0.15, -0.1) is 11.3 Å². The number of fused-ring (bicyclic) bond motifs is 4. The van der Waals surface area contributed by atoms with Gasteiger partial charge in [0.1, 0.15) is 0 Å². The Balaban J connectivity index is 1.83. The van der Waals surface area contributed by atoms with Crippen molar-refractivity contribution in [3.05, 3.63) is 69.4 Å². The van der Waals surface area contributed by atoms with Crippen molar-refractivity contribution in [2.45, 2.75) is 39.7 Å². The van der Waals surface area contributed by atoms with Crippen LogP contribution in [0.1, 0.15) is 48.7 Å². The van der Waals surface area contributed by atoms with E-state index in [-0.39, 0.29) is 11.5 Å². The van der Waals surface area contributed by atoms with Crippen molar-refractivity contribution >= 4 is 39.2 Å². The number of carbonyl (C=O) groups is 1. The molecule has 0 saturated carbocycles. The van der Waals surface area contributed by atoms with Crippen molar-refractivity contribution in [3.8, 4) is 0 Å². The summed E-state index contributed by atoms with van der Waals surface area (Å²) in [7, 11) is 0. The number of ketones is 1. The highest BCUT2D eigenvalue weighted by atomic mass is 32.1. The molecule has 0 saturated heterocycles. The van der Waals surface area contributed by atoms with Gasteiger partial charge in [-0.2, -0.15) is 0 Å². The van der Waals surface area contributed by atoms with Gasteiger partial charge in [-0.3, -0.25) is 4.79 Å². The van der Waals surface area contributed by atoms with Crippen molar-refractivity contribution in [3.63, 3.8) is 0 Å². The van der Waals surface area contributed by atoms with Crippen LogP contribution in [0, 0.1) is 12.3 Å². The van der Waals surface area contributed by atoms with Gasteiger partial charge in [0.15, 0.2) is 5.78 Å². The molecule has 27 heavy (non-hydrogen) atoms. The fraction of sp³-hybridized carbons (Fsp3) is 0.292. The van der Waals surface area contributed by atoms with Gasteiger partial charge >= 0.3 is 0 Å². The summed E-state index contributed by atoms with van der Waals surface area (Å²) in [5.41, 5.74) is 5.87. The highest BCUT2D eigenvalue weighted by Crippen LogP contribution is 2.52. The largest absolute Gasteiger partial charge is 0.373 e. The van der Waals surface area contributed by atoms with E-state index in [1.807, 2.05) is 0 Å². The molecule has 0 amide bonds. The van der Waals surface area contributed by atoms with E-state index >= 15 is 0 Å². The third-order valence-corrected chi connectivity index (χ3v) is 6.99.